The Hall–Kier alpha value is -0.521. The fourth-order valence-corrected chi connectivity index (χ4v) is 0.926. The molecule has 3 N–H and O–H groups in total. The van der Waals surface area contributed by atoms with Crippen LogP contribution < -0.4 is 0 Å². The number of aliphatic hydroxyl groups excluding tert-OH is 1. The Bertz CT molecular complexity index is 276. The van der Waals surface area contributed by atoms with Crippen LogP contribution in [0.5, 0.6) is 0 Å². The van der Waals surface area contributed by atoms with E-state index in [0.29, 0.717) is 0 Å². The predicted molar refractivity (Wildman–Crippen MR) is 58.4 cm³/mol. The van der Waals surface area contributed by atoms with Gasteiger partial charge in [-0.05, 0) is 0 Å². The Morgan fingerprint density at radius 3 is 1.35 bits per heavy atom. The summed E-state index contributed by atoms with van der Waals surface area (Å²) >= 11 is 0. The molecule has 2 unspecified atom stereocenters. The van der Waals surface area contributed by atoms with Crippen LogP contribution in [0.25, 0.3) is 0 Å². The molecule has 1 heterocycles. The Labute approximate surface area is 110 Å². The molecule has 0 spiro atoms. The SMILES string of the molecule is C=CO.O=[PH](O)O[PH](=O)O.[Cu].c1cnccn1. The summed E-state index contributed by atoms with van der Waals surface area (Å²) in [6.07, 6.45) is 7.31. The molecule has 0 saturated heterocycles. The van der Waals surface area contributed by atoms with Gasteiger partial charge in [0.1, 0.15) is 0 Å². The standard InChI is InChI=1S/C4H4N2.C2H4O.Cu.H4O5P2/c1-2-6-4-3-5-1;1-2-3;;1-6(2)5-7(3)4/h1-4H;2-3H,1H2;;6-7H,(H,1,2)(H,3,4). The summed E-state index contributed by atoms with van der Waals surface area (Å²) in [6, 6.07) is 0. The molecule has 0 aromatic carbocycles. The third-order valence-corrected chi connectivity index (χ3v) is 2.05. The summed E-state index contributed by atoms with van der Waals surface area (Å²) in [5, 5.41) is 7.33. The molecule has 0 aliphatic heterocycles. The van der Waals surface area contributed by atoms with Crippen LogP contribution >= 0.6 is 16.5 Å². The van der Waals surface area contributed by atoms with Crippen molar-refractivity contribution in [2.24, 2.45) is 0 Å². The third kappa shape index (κ3) is 31.3. The molecule has 2 atom stereocenters. The number of rotatable bonds is 2. The molecule has 17 heavy (non-hydrogen) atoms. The fraction of sp³-hybridized carbons (Fsp3) is 0. The van der Waals surface area contributed by atoms with Gasteiger partial charge in [-0.3, -0.25) is 19.1 Å². The van der Waals surface area contributed by atoms with E-state index < -0.39 is 16.5 Å². The van der Waals surface area contributed by atoms with Crippen LogP contribution in [-0.2, 0) is 30.5 Å². The van der Waals surface area contributed by atoms with Gasteiger partial charge >= 0.3 is 16.5 Å². The van der Waals surface area contributed by atoms with Gasteiger partial charge in [-0.25, -0.2) is 4.31 Å². The monoisotopic (exact) mass is 333 g/mol. The first-order valence-electron chi connectivity index (χ1n) is 3.63. The summed E-state index contributed by atoms with van der Waals surface area (Å²) in [6.45, 7) is 2.92. The van der Waals surface area contributed by atoms with Gasteiger partial charge in [0.05, 0.1) is 6.26 Å². The van der Waals surface area contributed by atoms with E-state index in [2.05, 4.69) is 20.9 Å². The second-order valence-electron chi connectivity index (χ2n) is 1.71. The molecule has 1 aromatic heterocycles. The van der Waals surface area contributed by atoms with E-state index >= 15 is 0 Å². The molecule has 8 nitrogen and oxygen atoms in total. The van der Waals surface area contributed by atoms with Crippen molar-refractivity contribution in [3.8, 4) is 0 Å². The van der Waals surface area contributed by atoms with Crippen LogP contribution in [0, 0.1) is 0 Å². The predicted octanol–water partition coefficient (Wildman–Crippen LogP) is 0.929. The van der Waals surface area contributed by atoms with Crippen molar-refractivity contribution in [2.45, 2.75) is 0 Å². The number of hydrogen-bond donors (Lipinski definition) is 3. The molecular formula is C6H12CuN2O6P2. The molecule has 0 bridgehead atoms. The number of aliphatic hydroxyl groups is 1. The molecule has 1 rings (SSSR count). The van der Waals surface area contributed by atoms with Crippen molar-refractivity contribution in [1.82, 2.24) is 9.97 Å². The second kappa shape index (κ2) is 17.9. The van der Waals surface area contributed by atoms with Gasteiger partial charge in [0, 0.05) is 41.9 Å². The van der Waals surface area contributed by atoms with Crippen LogP contribution in [0.3, 0.4) is 0 Å². The molecule has 1 aromatic rings. The number of hydrogen-bond acceptors (Lipinski definition) is 6. The smallest absolute Gasteiger partial charge is 0.323 e. The molecule has 11 heteroatoms. The second-order valence-corrected chi connectivity index (χ2v) is 3.59. The van der Waals surface area contributed by atoms with Gasteiger partial charge < -0.3 is 14.9 Å². The van der Waals surface area contributed by atoms with E-state index in [0.717, 1.165) is 6.26 Å². The molecule has 0 saturated carbocycles. The topological polar surface area (TPSA) is 130 Å². The van der Waals surface area contributed by atoms with Crippen LogP contribution in [-0.4, -0.2) is 24.9 Å². The van der Waals surface area contributed by atoms with Crippen molar-refractivity contribution in [3.63, 3.8) is 0 Å². The first-order valence-corrected chi connectivity index (χ1v) is 6.16. The molecule has 103 valence electrons. The van der Waals surface area contributed by atoms with E-state index in [1.807, 2.05) is 0 Å². The normalized spacial score (nSPS) is 11.2. The van der Waals surface area contributed by atoms with Gasteiger partial charge in [-0.15, -0.1) is 0 Å². The zero-order chi connectivity index (χ0) is 12.8. The van der Waals surface area contributed by atoms with E-state index in [1.165, 1.54) is 0 Å². The van der Waals surface area contributed by atoms with Crippen molar-refractivity contribution in [3.05, 3.63) is 37.6 Å². The van der Waals surface area contributed by atoms with E-state index in [9.17, 15) is 9.13 Å². The minimum Gasteiger partial charge on any atom is -0.516 e. The van der Waals surface area contributed by atoms with Gasteiger partial charge in [0.15, 0.2) is 0 Å². The van der Waals surface area contributed by atoms with E-state index in [-0.39, 0.29) is 17.1 Å². The maximum absolute atomic E-state index is 9.44. The number of nitrogens with zero attached hydrogens (tertiary/aromatic N) is 2. The van der Waals surface area contributed by atoms with Crippen molar-refractivity contribution >= 4 is 16.5 Å². The zero-order valence-corrected chi connectivity index (χ0v) is 11.3. The molecule has 0 fully saturated rings. The summed E-state index contributed by atoms with van der Waals surface area (Å²) < 4.78 is 22.3. The van der Waals surface area contributed by atoms with Gasteiger partial charge in [0.25, 0.3) is 0 Å². The van der Waals surface area contributed by atoms with Gasteiger partial charge in [0.2, 0.25) is 0 Å². The minimum atomic E-state index is -3.20. The maximum atomic E-state index is 9.44. The van der Waals surface area contributed by atoms with Crippen molar-refractivity contribution in [1.29, 1.82) is 0 Å². The minimum absolute atomic E-state index is 0. The molecule has 0 aliphatic carbocycles. The Morgan fingerprint density at radius 1 is 1.06 bits per heavy atom. The molecule has 1 radical (unpaired) electrons. The summed E-state index contributed by atoms with van der Waals surface area (Å²) in [4.78, 5) is 22.9. The average molecular weight is 334 g/mol. The third-order valence-electron chi connectivity index (χ3n) is 0.652. The average Bonchev–Trinajstić information content (AvgIpc) is 2.20. The largest absolute Gasteiger partial charge is 0.516 e. The summed E-state index contributed by atoms with van der Waals surface area (Å²) in [5.74, 6) is 0. The van der Waals surface area contributed by atoms with Crippen LogP contribution in [0.4, 0.5) is 0 Å². The van der Waals surface area contributed by atoms with Crippen LogP contribution in [0.15, 0.2) is 37.6 Å². The van der Waals surface area contributed by atoms with E-state index in [1.54, 1.807) is 24.8 Å². The quantitative estimate of drug-likeness (QED) is 0.414. The van der Waals surface area contributed by atoms with Crippen LogP contribution in [0.2, 0.25) is 0 Å². The first kappa shape index (κ1) is 21.7. The van der Waals surface area contributed by atoms with Crippen molar-refractivity contribution in [2.75, 3.05) is 0 Å². The van der Waals surface area contributed by atoms with E-state index in [4.69, 9.17) is 14.9 Å². The fourth-order valence-electron chi connectivity index (χ4n) is 0.328. The van der Waals surface area contributed by atoms with Crippen molar-refractivity contribution < 1.29 is 45.4 Å². The van der Waals surface area contributed by atoms with Crippen LogP contribution in [0.1, 0.15) is 0 Å². The summed E-state index contributed by atoms with van der Waals surface area (Å²) in [5.41, 5.74) is 0. The van der Waals surface area contributed by atoms with Gasteiger partial charge in [-0.1, -0.05) is 6.58 Å². The Balaban J connectivity index is -0.000000180. The Kier molecular flexibility index (Phi) is 22.8. The maximum Gasteiger partial charge on any atom is 0.323 e. The zero-order valence-electron chi connectivity index (χ0n) is 8.36. The first-order chi connectivity index (χ1) is 7.54. The molecular weight excluding hydrogens is 322 g/mol. The molecule has 0 amide bonds. The number of aromatic nitrogens is 2. The summed E-state index contributed by atoms with van der Waals surface area (Å²) in [7, 11) is -6.40. The Morgan fingerprint density at radius 2 is 1.29 bits per heavy atom. The molecule has 0 aliphatic rings. The van der Waals surface area contributed by atoms with Gasteiger partial charge in [-0.2, -0.15) is 0 Å².